The van der Waals surface area contributed by atoms with Crippen LogP contribution < -0.4 is 4.74 Å². The second-order valence-corrected chi connectivity index (χ2v) is 2.96. The number of pyridine rings is 1. The highest BCUT2D eigenvalue weighted by Crippen LogP contribution is 2.26. The molecule has 1 atom stereocenters. The van der Waals surface area contributed by atoms with Crippen molar-refractivity contribution >= 4 is 11.8 Å². The molecule has 0 bridgehead atoms. The van der Waals surface area contributed by atoms with Crippen LogP contribution in [-0.4, -0.2) is 29.4 Å². The Morgan fingerprint density at radius 1 is 1.67 bits per heavy atom. The van der Waals surface area contributed by atoms with E-state index in [0.29, 0.717) is 5.75 Å². The van der Waals surface area contributed by atoms with Gasteiger partial charge >= 0.3 is 5.97 Å². The molecular formula is C10H9NO4. The normalized spacial score (nSPS) is 18.2. The second-order valence-electron chi connectivity index (χ2n) is 2.96. The highest BCUT2D eigenvalue weighted by atomic mass is 16.6. The van der Waals surface area contributed by atoms with Crippen LogP contribution in [0.25, 0.3) is 0 Å². The number of Topliss-reactive ketones (excluding diaryl/α,β-unsaturated/α-hetero) is 1. The van der Waals surface area contributed by atoms with Crippen LogP contribution in [0, 0.1) is 0 Å². The number of esters is 1. The number of aromatic nitrogens is 1. The van der Waals surface area contributed by atoms with Crippen LogP contribution in [0.5, 0.6) is 5.75 Å². The predicted molar refractivity (Wildman–Crippen MR) is 49.6 cm³/mol. The minimum absolute atomic E-state index is 0.190. The van der Waals surface area contributed by atoms with Crippen molar-refractivity contribution in [2.45, 2.75) is 13.0 Å². The Morgan fingerprint density at radius 2 is 2.47 bits per heavy atom. The molecule has 0 aliphatic carbocycles. The van der Waals surface area contributed by atoms with Crippen LogP contribution in [0.15, 0.2) is 18.3 Å². The average molecular weight is 207 g/mol. The molecule has 5 heteroatoms. The van der Waals surface area contributed by atoms with Crippen molar-refractivity contribution in [2.75, 3.05) is 6.61 Å². The zero-order valence-corrected chi connectivity index (χ0v) is 8.10. The van der Waals surface area contributed by atoms with Gasteiger partial charge in [0.15, 0.2) is 11.4 Å². The largest absolute Gasteiger partial charge is 0.468 e. The van der Waals surface area contributed by atoms with Gasteiger partial charge in [-0.2, -0.15) is 0 Å². The van der Waals surface area contributed by atoms with Gasteiger partial charge in [-0.1, -0.05) is 0 Å². The summed E-state index contributed by atoms with van der Waals surface area (Å²) in [7, 11) is 0. The molecule has 0 radical (unpaired) electrons. The van der Waals surface area contributed by atoms with Crippen LogP contribution in [0.4, 0.5) is 0 Å². The summed E-state index contributed by atoms with van der Waals surface area (Å²) < 4.78 is 9.86. The van der Waals surface area contributed by atoms with E-state index in [4.69, 9.17) is 9.47 Å². The molecule has 0 spiro atoms. The number of hydrogen-bond acceptors (Lipinski definition) is 5. The van der Waals surface area contributed by atoms with Crippen LogP contribution in [0.2, 0.25) is 0 Å². The molecule has 0 saturated carbocycles. The molecule has 0 aromatic carbocycles. The third-order valence-electron chi connectivity index (χ3n) is 1.99. The summed E-state index contributed by atoms with van der Waals surface area (Å²) in [6.45, 7) is 1.89. The Labute approximate surface area is 86.0 Å². The number of hydrogen-bond donors (Lipinski definition) is 0. The highest BCUT2D eigenvalue weighted by Gasteiger charge is 2.39. The van der Waals surface area contributed by atoms with Gasteiger partial charge in [-0.05, 0) is 19.1 Å². The number of rotatable bonds is 2. The summed E-state index contributed by atoms with van der Waals surface area (Å²) in [5.41, 5.74) is 0.190. The minimum atomic E-state index is -1.19. The van der Waals surface area contributed by atoms with Gasteiger partial charge in [-0.15, -0.1) is 0 Å². The minimum Gasteiger partial charge on any atom is -0.468 e. The van der Waals surface area contributed by atoms with Gasteiger partial charge in [-0.3, -0.25) is 4.79 Å². The van der Waals surface area contributed by atoms with Crippen LogP contribution in [0.1, 0.15) is 17.4 Å². The Kier molecular flexibility index (Phi) is 2.37. The van der Waals surface area contributed by atoms with Gasteiger partial charge in [-0.25, -0.2) is 9.78 Å². The number of nitrogens with zero attached hydrogens (tertiary/aromatic N) is 1. The molecular weight excluding hydrogens is 198 g/mol. The van der Waals surface area contributed by atoms with Crippen LogP contribution in [0.3, 0.4) is 0 Å². The van der Waals surface area contributed by atoms with Crippen LogP contribution >= 0.6 is 0 Å². The fraction of sp³-hybridized carbons (Fsp3) is 0.300. The predicted octanol–water partition coefficient (Wildman–Crippen LogP) is 0.588. The van der Waals surface area contributed by atoms with E-state index in [1.54, 1.807) is 19.1 Å². The zero-order chi connectivity index (χ0) is 10.8. The molecule has 1 aliphatic heterocycles. The van der Waals surface area contributed by atoms with Gasteiger partial charge < -0.3 is 9.47 Å². The molecule has 1 aliphatic rings. The molecule has 2 rings (SSSR count). The van der Waals surface area contributed by atoms with Crippen molar-refractivity contribution < 1.29 is 19.1 Å². The molecule has 15 heavy (non-hydrogen) atoms. The Bertz CT molecular complexity index is 416. The quantitative estimate of drug-likeness (QED) is 0.524. The van der Waals surface area contributed by atoms with Gasteiger partial charge in [0, 0.05) is 6.20 Å². The number of ether oxygens (including phenoxy) is 2. The van der Waals surface area contributed by atoms with Crippen molar-refractivity contribution in [1.29, 1.82) is 0 Å². The lowest BCUT2D eigenvalue weighted by molar-refractivity contribution is -0.148. The molecule has 0 fully saturated rings. The molecule has 2 heterocycles. The van der Waals surface area contributed by atoms with E-state index in [-0.39, 0.29) is 12.3 Å². The maximum atomic E-state index is 11.6. The van der Waals surface area contributed by atoms with Crippen molar-refractivity contribution in [1.82, 2.24) is 4.98 Å². The summed E-state index contributed by atoms with van der Waals surface area (Å²) in [4.78, 5) is 26.8. The van der Waals surface area contributed by atoms with Crippen molar-refractivity contribution in [2.24, 2.45) is 0 Å². The molecule has 1 aromatic heterocycles. The smallest absolute Gasteiger partial charge is 0.355 e. The molecule has 0 N–H and O–H groups in total. The molecule has 0 unspecified atom stereocenters. The first-order valence-corrected chi connectivity index (χ1v) is 4.56. The summed E-state index contributed by atoms with van der Waals surface area (Å²) in [5, 5.41) is 0. The SMILES string of the molecule is CCOC(=O)[C@@H]1Oc2cccnc2C1=O. The topological polar surface area (TPSA) is 65.5 Å². The van der Waals surface area contributed by atoms with E-state index in [1.165, 1.54) is 6.20 Å². The monoisotopic (exact) mass is 207 g/mol. The van der Waals surface area contributed by atoms with Gasteiger partial charge in [0.1, 0.15) is 0 Å². The highest BCUT2D eigenvalue weighted by molar-refractivity contribution is 6.13. The van der Waals surface area contributed by atoms with Crippen molar-refractivity contribution in [3.8, 4) is 5.75 Å². The number of carbonyl (C=O) groups excluding carboxylic acids is 2. The number of fused-ring (bicyclic) bond motifs is 1. The summed E-state index contributed by atoms with van der Waals surface area (Å²) >= 11 is 0. The Morgan fingerprint density at radius 3 is 3.13 bits per heavy atom. The Hall–Kier alpha value is -1.91. The second kappa shape index (κ2) is 3.68. The summed E-state index contributed by atoms with van der Waals surface area (Å²) in [6.07, 6.45) is 0.294. The first-order valence-electron chi connectivity index (χ1n) is 4.56. The van der Waals surface area contributed by atoms with E-state index in [9.17, 15) is 9.59 Å². The molecule has 0 amide bonds. The lowest BCUT2D eigenvalue weighted by Crippen LogP contribution is -2.32. The number of ketones is 1. The maximum Gasteiger partial charge on any atom is 0.355 e. The molecule has 5 nitrogen and oxygen atoms in total. The van der Waals surface area contributed by atoms with Gasteiger partial charge in [0.2, 0.25) is 5.78 Å². The third kappa shape index (κ3) is 1.56. The lowest BCUT2D eigenvalue weighted by Gasteiger charge is -2.06. The number of carbonyl (C=O) groups is 2. The summed E-state index contributed by atoms with van der Waals surface area (Å²) in [5.74, 6) is -0.773. The van der Waals surface area contributed by atoms with Crippen molar-refractivity contribution in [3.63, 3.8) is 0 Å². The summed E-state index contributed by atoms with van der Waals surface area (Å²) in [6, 6.07) is 3.24. The average Bonchev–Trinajstić information content (AvgIpc) is 2.57. The fourth-order valence-electron chi connectivity index (χ4n) is 1.35. The van der Waals surface area contributed by atoms with Gasteiger partial charge in [0.25, 0.3) is 6.10 Å². The van der Waals surface area contributed by atoms with E-state index in [2.05, 4.69) is 4.98 Å². The standard InChI is InChI=1S/C10H9NO4/c1-2-14-10(13)9-8(12)7-6(15-9)4-3-5-11-7/h3-5,9H,2H2,1H3/t9-/m1/s1. The van der Waals surface area contributed by atoms with Gasteiger partial charge in [0.05, 0.1) is 6.61 Å². The Balaban J connectivity index is 2.24. The third-order valence-corrected chi connectivity index (χ3v) is 1.99. The van der Waals surface area contributed by atoms with E-state index in [1.807, 2.05) is 0 Å². The first kappa shape index (κ1) is 9.64. The van der Waals surface area contributed by atoms with E-state index < -0.39 is 17.9 Å². The van der Waals surface area contributed by atoms with E-state index in [0.717, 1.165) is 0 Å². The maximum absolute atomic E-state index is 11.6. The molecule has 78 valence electrons. The van der Waals surface area contributed by atoms with Crippen molar-refractivity contribution in [3.05, 3.63) is 24.0 Å². The zero-order valence-electron chi connectivity index (χ0n) is 8.10. The first-order chi connectivity index (χ1) is 7.24. The molecule has 1 aromatic rings. The fourth-order valence-corrected chi connectivity index (χ4v) is 1.35. The lowest BCUT2D eigenvalue weighted by atomic mass is 10.2. The van der Waals surface area contributed by atoms with Crippen LogP contribution in [-0.2, 0) is 9.53 Å². The molecule has 0 saturated heterocycles. The van der Waals surface area contributed by atoms with E-state index >= 15 is 0 Å².